The molecule has 0 amide bonds. The minimum atomic E-state index is -0.547. The topological polar surface area (TPSA) is 68.6 Å². The number of methoxy groups -OCH3 is 1. The van der Waals surface area contributed by atoms with Gasteiger partial charge in [0.1, 0.15) is 17.2 Å². The predicted octanol–water partition coefficient (Wildman–Crippen LogP) is 5.40. The van der Waals surface area contributed by atoms with E-state index in [2.05, 4.69) is 6.07 Å². The normalized spacial score (nSPS) is 10.8. The van der Waals surface area contributed by atoms with E-state index in [9.17, 15) is 10.1 Å². The van der Waals surface area contributed by atoms with Gasteiger partial charge >= 0.3 is 5.97 Å². The molecule has 3 aromatic carbocycles. The van der Waals surface area contributed by atoms with E-state index in [1.54, 1.807) is 79.9 Å². The number of esters is 1. The molecule has 0 aliphatic carbocycles. The van der Waals surface area contributed by atoms with Crippen LogP contribution in [0.25, 0.3) is 11.6 Å². The van der Waals surface area contributed by atoms with E-state index in [1.165, 1.54) is 0 Å². The Balaban J connectivity index is 1.67. The average molecular weight is 420 g/mol. The molecule has 0 atom stereocenters. The average Bonchev–Trinajstić information content (AvgIpc) is 2.76. The molecule has 0 aromatic heterocycles. The van der Waals surface area contributed by atoms with Crippen molar-refractivity contribution in [3.8, 4) is 23.3 Å². The molecule has 0 radical (unpaired) electrons. The van der Waals surface area contributed by atoms with Crippen molar-refractivity contribution < 1.29 is 19.0 Å². The largest absolute Gasteiger partial charge is 0.497 e. The third kappa shape index (κ3) is 5.87. The van der Waals surface area contributed by atoms with Crippen molar-refractivity contribution in [3.05, 3.63) is 88.9 Å². The van der Waals surface area contributed by atoms with Gasteiger partial charge in [-0.25, -0.2) is 4.79 Å². The molecular formula is C24H18ClNO4. The van der Waals surface area contributed by atoms with Gasteiger partial charge < -0.3 is 14.2 Å². The number of nitriles is 1. The molecule has 0 unspecified atom stereocenters. The van der Waals surface area contributed by atoms with Crippen LogP contribution in [0.1, 0.15) is 11.1 Å². The van der Waals surface area contributed by atoms with Crippen molar-refractivity contribution in [2.24, 2.45) is 0 Å². The Labute approximate surface area is 179 Å². The Morgan fingerprint density at radius 2 is 1.73 bits per heavy atom. The highest BCUT2D eigenvalue weighted by Gasteiger charge is 2.08. The van der Waals surface area contributed by atoms with Crippen LogP contribution >= 0.6 is 11.6 Å². The minimum Gasteiger partial charge on any atom is -0.497 e. The number of hydrogen-bond donors (Lipinski definition) is 0. The molecule has 0 saturated carbocycles. The highest BCUT2D eigenvalue weighted by atomic mass is 35.5. The number of allylic oxidation sites excluding steroid dienone is 1. The summed E-state index contributed by atoms with van der Waals surface area (Å²) >= 11 is 6.01. The fourth-order valence-electron chi connectivity index (χ4n) is 2.66. The maximum atomic E-state index is 12.1. The third-order valence-electron chi connectivity index (χ3n) is 4.05. The smallest absolute Gasteiger partial charge is 0.349 e. The van der Waals surface area contributed by atoms with Crippen molar-refractivity contribution in [2.45, 2.75) is 0 Å². The first-order valence-corrected chi connectivity index (χ1v) is 9.40. The first-order valence-electron chi connectivity index (χ1n) is 9.03. The van der Waals surface area contributed by atoms with Crippen molar-refractivity contribution >= 4 is 29.2 Å². The van der Waals surface area contributed by atoms with Gasteiger partial charge in [0, 0.05) is 11.1 Å². The Morgan fingerprint density at radius 1 is 1.00 bits per heavy atom. The molecule has 0 spiro atoms. The molecule has 150 valence electrons. The maximum Gasteiger partial charge on any atom is 0.349 e. The molecule has 3 aromatic rings. The van der Waals surface area contributed by atoms with Crippen LogP contribution in [0.4, 0.5) is 0 Å². The lowest BCUT2D eigenvalue weighted by molar-refractivity contribution is -0.136. The van der Waals surface area contributed by atoms with E-state index < -0.39 is 5.97 Å². The SMILES string of the molecule is COc1cccc(OCC(=O)Oc2cccc(/C=C(/C#N)c3cccc(Cl)c3)c2)c1. The summed E-state index contributed by atoms with van der Waals surface area (Å²) in [5, 5.41) is 10.0. The number of benzene rings is 3. The summed E-state index contributed by atoms with van der Waals surface area (Å²) in [5.41, 5.74) is 1.87. The predicted molar refractivity (Wildman–Crippen MR) is 116 cm³/mol. The van der Waals surface area contributed by atoms with Crippen molar-refractivity contribution in [1.29, 1.82) is 5.26 Å². The summed E-state index contributed by atoms with van der Waals surface area (Å²) in [5.74, 6) is 0.942. The number of carbonyl (C=O) groups is 1. The zero-order valence-corrected chi connectivity index (χ0v) is 16.9. The second kappa shape index (κ2) is 10.1. The fraction of sp³-hybridized carbons (Fsp3) is 0.0833. The van der Waals surface area contributed by atoms with Gasteiger partial charge in [-0.05, 0) is 53.6 Å². The fourth-order valence-corrected chi connectivity index (χ4v) is 2.86. The van der Waals surface area contributed by atoms with E-state index >= 15 is 0 Å². The second-order valence-electron chi connectivity index (χ2n) is 6.19. The first-order chi connectivity index (χ1) is 14.6. The summed E-state index contributed by atoms with van der Waals surface area (Å²) in [4.78, 5) is 12.1. The van der Waals surface area contributed by atoms with E-state index in [1.807, 2.05) is 6.07 Å². The van der Waals surface area contributed by atoms with Gasteiger partial charge in [-0.1, -0.05) is 41.9 Å². The number of rotatable bonds is 7. The summed E-state index contributed by atoms with van der Waals surface area (Å²) in [6, 6.07) is 23.0. The molecule has 0 saturated heterocycles. The lowest BCUT2D eigenvalue weighted by Crippen LogP contribution is -2.17. The molecule has 0 fully saturated rings. The van der Waals surface area contributed by atoms with Gasteiger partial charge in [-0.15, -0.1) is 0 Å². The molecule has 0 aliphatic heterocycles. The number of carbonyl (C=O) groups excluding carboxylic acids is 1. The molecule has 3 rings (SSSR count). The van der Waals surface area contributed by atoms with E-state index in [4.69, 9.17) is 25.8 Å². The number of hydrogen-bond acceptors (Lipinski definition) is 5. The lowest BCUT2D eigenvalue weighted by atomic mass is 10.0. The zero-order valence-electron chi connectivity index (χ0n) is 16.2. The Bertz CT molecular complexity index is 1120. The number of nitrogens with zero attached hydrogens (tertiary/aromatic N) is 1. The quantitative estimate of drug-likeness (QED) is 0.222. The van der Waals surface area contributed by atoms with Gasteiger partial charge in [-0.3, -0.25) is 0 Å². The molecular weight excluding hydrogens is 402 g/mol. The standard InChI is InChI=1S/C24H18ClNO4/c1-28-21-8-4-9-22(14-21)29-16-24(27)30-23-10-2-5-17(12-23)11-19(15-26)18-6-3-7-20(25)13-18/h2-14H,16H2,1H3/b19-11-. The van der Waals surface area contributed by atoms with Crippen LogP contribution in [0.3, 0.4) is 0 Å². The van der Waals surface area contributed by atoms with Crippen LogP contribution in [0.2, 0.25) is 5.02 Å². The summed E-state index contributed by atoms with van der Waals surface area (Å²) in [6.07, 6.45) is 1.70. The van der Waals surface area contributed by atoms with Crippen LogP contribution in [-0.2, 0) is 4.79 Å². The van der Waals surface area contributed by atoms with Crippen LogP contribution < -0.4 is 14.2 Å². The maximum absolute atomic E-state index is 12.1. The molecule has 0 heterocycles. The van der Waals surface area contributed by atoms with Crippen LogP contribution in [-0.4, -0.2) is 19.7 Å². The van der Waals surface area contributed by atoms with Crippen LogP contribution in [0, 0.1) is 11.3 Å². The molecule has 5 nitrogen and oxygen atoms in total. The summed E-state index contributed by atoms with van der Waals surface area (Å²) in [7, 11) is 1.55. The van der Waals surface area contributed by atoms with Crippen molar-refractivity contribution in [3.63, 3.8) is 0 Å². The molecule has 30 heavy (non-hydrogen) atoms. The van der Waals surface area contributed by atoms with Crippen LogP contribution in [0.15, 0.2) is 72.8 Å². The third-order valence-corrected chi connectivity index (χ3v) is 4.29. The van der Waals surface area contributed by atoms with Crippen molar-refractivity contribution in [1.82, 2.24) is 0 Å². The molecule has 6 heteroatoms. The van der Waals surface area contributed by atoms with Crippen molar-refractivity contribution in [2.75, 3.05) is 13.7 Å². The summed E-state index contributed by atoms with van der Waals surface area (Å²) < 4.78 is 15.9. The molecule has 0 N–H and O–H groups in total. The first kappa shape index (κ1) is 21.0. The Hall–Kier alpha value is -3.75. The second-order valence-corrected chi connectivity index (χ2v) is 6.63. The van der Waals surface area contributed by atoms with Gasteiger partial charge in [0.05, 0.1) is 18.8 Å². The highest BCUT2D eigenvalue weighted by Crippen LogP contribution is 2.23. The Kier molecular flexibility index (Phi) is 7.09. The monoisotopic (exact) mass is 419 g/mol. The van der Waals surface area contributed by atoms with Gasteiger partial charge in [0.2, 0.25) is 0 Å². The molecule has 0 aliphatic rings. The zero-order chi connectivity index (χ0) is 21.3. The Morgan fingerprint density at radius 3 is 2.50 bits per heavy atom. The lowest BCUT2D eigenvalue weighted by Gasteiger charge is -2.08. The molecule has 0 bridgehead atoms. The highest BCUT2D eigenvalue weighted by molar-refractivity contribution is 6.30. The van der Waals surface area contributed by atoms with Crippen LogP contribution in [0.5, 0.6) is 17.2 Å². The number of halogens is 1. The van der Waals surface area contributed by atoms with Gasteiger partial charge in [0.15, 0.2) is 6.61 Å². The number of ether oxygens (including phenoxy) is 3. The minimum absolute atomic E-state index is 0.251. The van der Waals surface area contributed by atoms with E-state index in [0.717, 1.165) is 0 Å². The van der Waals surface area contributed by atoms with Gasteiger partial charge in [0.25, 0.3) is 0 Å². The summed E-state index contributed by atoms with van der Waals surface area (Å²) in [6.45, 7) is -0.251. The van der Waals surface area contributed by atoms with E-state index in [0.29, 0.717) is 39.0 Å². The van der Waals surface area contributed by atoms with Gasteiger partial charge in [-0.2, -0.15) is 5.26 Å². The van der Waals surface area contributed by atoms with E-state index in [-0.39, 0.29) is 6.61 Å².